The van der Waals surface area contributed by atoms with Crippen molar-refractivity contribution in [1.82, 2.24) is 0 Å². The highest BCUT2D eigenvalue weighted by molar-refractivity contribution is 9.10. The number of methoxy groups -OCH3 is 1. The second kappa shape index (κ2) is 11.3. The molecule has 0 unspecified atom stereocenters. The summed E-state index contributed by atoms with van der Waals surface area (Å²) in [6.45, 7) is 3.73. The lowest BCUT2D eigenvalue weighted by atomic mass is 10.1. The lowest BCUT2D eigenvalue weighted by molar-refractivity contribution is -0.118. The topological polar surface area (TPSA) is 67.9 Å². The minimum Gasteiger partial charge on any atom is -0.493 e. The zero-order valence-electron chi connectivity index (χ0n) is 19.8. The molecule has 1 N–H and O–H groups in total. The van der Waals surface area contributed by atoms with Crippen molar-refractivity contribution in [2.45, 2.75) is 13.8 Å². The fourth-order valence-corrected chi connectivity index (χ4v) is 5.50. The van der Waals surface area contributed by atoms with Crippen LogP contribution in [0, 0.1) is 13.8 Å². The molecule has 0 aromatic heterocycles. The third kappa shape index (κ3) is 5.98. The molecule has 1 saturated heterocycles. The summed E-state index contributed by atoms with van der Waals surface area (Å²) in [7, 11) is 1.52. The van der Waals surface area contributed by atoms with Gasteiger partial charge >= 0.3 is 0 Å². The van der Waals surface area contributed by atoms with Gasteiger partial charge in [0.15, 0.2) is 22.4 Å². The Morgan fingerprint density at radius 1 is 1.11 bits per heavy atom. The summed E-state index contributed by atoms with van der Waals surface area (Å²) in [6, 6.07) is 18.7. The predicted octanol–water partition coefficient (Wildman–Crippen LogP) is 6.50. The Kier molecular flexibility index (Phi) is 8.13. The fraction of sp³-hybridized carbons (Fsp3) is 0.148. The molecule has 3 aromatic rings. The minimum absolute atomic E-state index is 0.182. The summed E-state index contributed by atoms with van der Waals surface area (Å²) in [5.41, 5.74) is 4.26. The van der Waals surface area contributed by atoms with Gasteiger partial charge in [0, 0.05) is 5.69 Å². The van der Waals surface area contributed by atoms with Gasteiger partial charge in [0.2, 0.25) is 0 Å². The molecule has 9 heteroatoms. The molecule has 2 amide bonds. The van der Waals surface area contributed by atoms with Crippen molar-refractivity contribution in [3.63, 3.8) is 0 Å². The van der Waals surface area contributed by atoms with Crippen LogP contribution in [0.15, 0.2) is 70.0 Å². The standard InChI is InChI=1S/C27H23BrN2O4S2/c1-16-6-4-8-19(10-16)29-24(31)15-34-25-21(28)12-18(13-22(25)33-3)14-23-26(32)30(27(35)36-23)20-9-5-7-17(2)11-20/h4-14H,15H2,1-3H3,(H,29,31)/b23-14-. The molecule has 1 aliphatic heterocycles. The zero-order valence-corrected chi connectivity index (χ0v) is 23.1. The van der Waals surface area contributed by atoms with Gasteiger partial charge in [-0.2, -0.15) is 0 Å². The first-order chi connectivity index (χ1) is 17.2. The number of amides is 2. The molecule has 0 saturated carbocycles. The van der Waals surface area contributed by atoms with Gasteiger partial charge in [0.05, 0.1) is 22.2 Å². The van der Waals surface area contributed by atoms with E-state index in [-0.39, 0.29) is 18.4 Å². The molecule has 0 radical (unpaired) electrons. The van der Waals surface area contributed by atoms with Crippen LogP contribution in [0.3, 0.4) is 0 Å². The summed E-state index contributed by atoms with van der Waals surface area (Å²) >= 11 is 10.2. The predicted molar refractivity (Wildman–Crippen MR) is 153 cm³/mol. The van der Waals surface area contributed by atoms with E-state index in [1.54, 1.807) is 18.2 Å². The van der Waals surface area contributed by atoms with Gasteiger partial charge in [0.1, 0.15) is 0 Å². The molecular formula is C27H23BrN2O4S2. The van der Waals surface area contributed by atoms with Crippen molar-refractivity contribution in [2.75, 3.05) is 23.9 Å². The van der Waals surface area contributed by atoms with Crippen LogP contribution in [0.4, 0.5) is 11.4 Å². The zero-order chi connectivity index (χ0) is 25.8. The minimum atomic E-state index is -0.293. The highest BCUT2D eigenvalue weighted by atomic mass is 79.9. The third-order valence-corrected chi connectivity index (χ3v) is 7.14. The van der Waals surface area contributed by atoms with Crippen LogP contribution in [0.2, 0.25) is 0 Å². The summed E-state index contributed by atoms with van der Waals surface area (Å²) in [5.74, 6) is 0.340. The molecule has 36 heavy (non-hydrogen) atoms. The quantitative estimate of drug-likeness (QED) is 0.253. The number of carbonyl (C=O) groups excluding carboxylic acids is 2. The van der Waals surface area contributed by atoms with Gasteiger partial charge < -0.3 is 14.8 Å². The van der Waals surface area contributed by atoms with E-state index in [0.29, 0.717) is 30.9 Å². The van der Waals surface area contributed by atoms with Crippen molar-refractivity contribution in [3.05, 3.63) is 86.7 Å². The number of nitrogens with zero attached hydrogens (tertiary/aromatic N) is 1. The first-order valence-corrected chi connectivity index (χ1v) is 13.0. The maximum Gasteiger partial charge on any atom is 0.270 e. The molecule has 0 aliphatic carbocycles. The summed E-state index contributed by atoms with van der Waals surface area (Å²) in [5, 5.41) is 2.81. The van der Waals surface area contributed by atoms with Crippen LogP contribution in [0.5, 0.6) is 11.5 Å². The smallest absolute Gasteiger partial charge is 0.270 e. The number of nitrogens with one attached hydrogen (secondary N) is 1. The van der Waals surface area contributed by atoms with Gasteiger partial charge in [-0.3, -0.25) is 14.5 Å². The van der Waals surface area contributed by atoms with Crippen molar-refractivity contribution >= 4 is 73.5 Å². The molecule has 1 aliphatic rings. The summed E-state index contributed by atoms with van der Waals surface area (Å²) < 4.78 is 12.3. The highest BCUT2D eigenvalue weighted by Crippen LogP contribution is 2.40. The largest absolute Gasteiger partial charge is 0.493 e. The number of aryl methyl sites for hydroxylation is 2. The Labute approximate surface area is 227 Å². The molecule has 1 heterocycles. The second-order valence-electron chi connectivity index (χ2n) is 8.10. The number of thiocarbonyl (C=S) groups is 1. The average molecular weight is 584 g/mol. The molecule has 4 rings (SSSR count). The van der Waals surface area contributed by atoms with Crippen LogP contribution in [-0.4, -0.2) is 29.9 Å². The van der Waals surface area contributed by atoms with Gasteiger partial charge in [-0.15, -0.1) is 0 Å². The van der Waals surface area contributed by atoms with E-state index in [4.69, 9.17) is 21.7 Å². The molecule has 184 valence electrons. The molecule has 1 fully saturated rings. The first-order valence-electron chi connectivity index (χ1n) is 11.0. The SMILES string of the molecule is COc1cc(/C=C2\SC(=S)N(c3cccc(C)c3)C2=O)cc(Br)c1OCC(=O)Nc1cccc(C)c1. The highest BCUT2D eigenvalue weighted by Gasteiger charge is 2.33. The van der Waals surface area contributed by atoms with Crippen molar-refractivity contribution in [2.24, 2.45) is 0 Å². The number of carbonyl (C=O) groups is 2. The number of rotatable bonds is 7. The lowest BCUT2D eigenvalue weighted by Gasteiger charge is -2.15. The van der Waals surface area contributed by atoms with Crippen LogP contribution in [0.25, 0.3) is 6.08 Å². The molecule has 0 bridgehead atoms. The van der Waals surface area contributed by atoms with Gasteiger partial charge in [0.25, 0.3) is 11.8 Å². The molecule has 0 spiro atoms. The Balaban J connectivity index is 1.50. The van der Waals surface area contributed by atoms with Gasteiger partial charge in [-0.1, -0.05) is 48.2 Å². The van der Waals surface area contributed by atoms with E-state index in [0.717, 1.165) is 22.4 Å². The average Bonchev–Trinajstić information content (AvgIpc) is 3.10. The van der Waals surface area contributed by atoms with Crippen LogP contribution >= 0.6 is 39.9 Å². The Hall–Kier alpha value is -3.14. The fourth-order valence-electron chi connectivity index (χ4n) is 3.63. The van der Waals surface area contributed by atoms with E-state index in [9.17, 15) is 9.59 Å². The van der Waals surface area contributed by atoms with Gasteiger partial charge in [-0.25, -0.2) is 0 Å². The third-order valence-electron chi connectivity index (χ3n) is 5.25. The summed E-state index contributed by atoms with van der Waals surface area (Å²) in [4.78, 5) is 27.5. The van der Waals surface area contributed by atoms with Crippen molar-refractivity contribution < 1.29 is 19.1 Å². The number of halogens is 1. The number of hydrogen-bond acceptors (Lipinski definition) is 6. The number of ether oxygens (including phenoxy) is 2. The molecule has 3 aromatic carbocycles. The maximum absolute atomic E-state index is 13.1. The first kappa shape index (κ1) is 25.9. The molecular weight excluding hydrogens is 560 g/mol. The molecule has 0 atom stereocenters. The van der Waals surface area contributed by atoms with Gasteiger partial charge in [-0.05, 0) is 88.9 Å². The van der Waals surface area contributed by atoms with Crippen LogP contribution < -0.4 is 19.7 Å². The monoisotopic (exact) mass is 582 g/mol. The van der Waals surface area contributed by atoms with E-state index >= 15 is 0 Å². The molecule has 6 nitrogen and oxygen atoms in total. The normalized spacial score (nSPS) is 14.3. The van der Waals surface area contributed by atoms with E-state index < -0.39 is 0 Å². The number of benzene rings is 3. The lowest BCUT2D eigenvalue weighted by Crippen LogP contribution is -2.27. The van der Waals surface area contributed by atoms with Crippen LogP contribution in [-0.2, 0) is 9.59 Å². The number of anilines is 2. The van der Waals surface area contributed by atoms with Crippen LogP contribution in [0.1, 0.15) is 16.7 Å². The Morgan fingerprint density at radius 2 is 1.83 bits per heavy atom. The van der Waals surface area contributed by atoms with E-state index in [2.05, 4.69) is 21.2 Å². The van der Waals surface area contributed by atoms with Crippen molar-refractivity contribution in [1.29, 1.82) is 0 Å². The van der Waals surface area contributed by atoms with E-state index in [1.165, 1.54) is 23.8 Å². The maximum atomic E-state index is 13.1. The van der Waals surface area contributed by atoms with Crippen molar-refractivity contribution in [3.8, 4) is 11.5 Å². The Bertz CT molecular complexity index is 1390. The number of hydrogen-bond donors (Lipinski definition) is 1. The second-order valence-corrected chi connectivity index (χ2v) is 10.6. The van der Waals surface area contributed by atoms with E-state index in [1.807, 2.05) is 62.4 Å². The number of thioether (sulfide) groups is 1. The Morgan fingerprint density at radius 3 is 2.53 bits per heavy atom. The summed E-state index contributed by atoms with van der Waals surface area (Å²) in [6.07, 6.45) is 1.76.